The van der Waals surface area contributed by atoms with Crippen molar-refractivity contribution in [2.75, 3.05) is 0 Å². The van der Waals surface area contributed by atoms with Crippen LogP contribution in [-0.4, -0.2) is 7.85 Å². The molecule has 0 bridgehead atoms. The highest BCUT2D eigenvalue weighted by atomic mass is 14.2. The summed E-state index contributed by atoms with van der Waals surface area (Å²) in [7, 11) is 2.36. The maximum absolute atomic E-state index is 2.38. The molecule has 0 aromatic carbocycles. The molecule has 0 spiro atoms. The molecule has 0 aromatic rings. The molecule has 0 rings (SSSR count). The van der Waals surface area contributed by atoms with E-state index in [1.807, 2.05) is 0 Å². The van der Waals surface area contributed by atoms with Gasteiger partial charge in [-0.1, -0.05) is 46.4 Å². The summed E-state index contributed by atoms with van der Waals surface area (Å²) in [6.45, 7) is 9.31. The quantitative estimate of drug-likeness (QED) is 0.526. The van der Waals surface area contributed by atoms with Crippen LogP contribution in [0.5, 0.6) is 0 Å². The van der Waals surface area contributed by atoms with Crippen LogP contribution in [0.15, 0.2) is 0 Å². The molecule has 0 aliphatic carbocycles. The summed E-state index contributed by atoms with van der Waals surface area (Å²) in [6, 6.07) is 0. The van der Waals surface area contributed by atoms with Crippen LogP contribution in [0.1, 0.15) is 47.0 Å². The lowest BCUT2D eigenvalue weighted by atomic mass is 9.64. The van der Waals surface area contributed by atoms with Crippen LogP contribution in [0.3, 0.4) is 0 Å². The first-order valence-electron chi connectivity index (χ1n) is 4.54. The monoisotopic (exact) mass is 140 g/mol. The first kappa shape index (κ1) is 10.1. The minimum atomic E-state index is 0.559. The zero-order valence-corrected chi connectivity index (χ0v) is 8.20. The van der Waals surface area contributed by atoms with E-state index < -0.39 is 0 Å². The Morgan fingerprint density at radius 2 is 1.80 bits per heavy atom. The molecule has 0 aromatic heterocycles. The lowest BCUT2D eigenvalue weighted by molar-refractivity contribution is 0.302. The van der Waals surface area contributed by atoms with E-state index in [4.69, 9.17) is 0 Å². The number of hydrogen-bond acceptors (Lipinski definition) is 0. The van der Waals surface area contributed by atoms with Gasteiger partial charge in [-0.05, 0) is 11.8 Å². The fourth-order valence-corrected chi connectivity index (χ4v) is 1.44. The van der Waals surface area contributed by atoms with Gasteiger partial charge in [0.25, 0.3) is 0 Å². The third-order valence-electron chi connectivity index (χ3n) is 2.84. The maximum Gasteiger partial charge on any atom is 0.106 e. The van der Waals surface area contributed by atoms with Crippen LogP contribution in [0.2, 0.25) is 5.82 Å². The van der Waals surface area contributed by atoms with Crippen molar-refractivity contribution < 1.29 is 0 Å². The highest BCUT2D eigenvalue weighted by molar-refractivity contribution is 6.12. The van der Waals surface area contributed by atoms with Crippen LogP contribution >= 0.6 is 0 Å². The molecule has 0 saturated carbocycles. The zero-order chi connectivity index (χ0) is 8.20. The molecule has 0 aliphatic heterocycles. The van der Waals surface area contributed by atoms with Gasteiger partial charge in [0, 0.05) is 0 Å². The van der Waals surface area contributed by atoms with Gasteiger partial charge in [0.05, 0.1) is 0 Å². The second-order valence-electron chi connectivity index (χ2n) is 4.05. The van der Waals surface area contributed by atoms with E-state index in [1.165, 1.54) is 19.3 Å². The van der Waals surface area contributed by atoms with Gasteiger partial charge in [-0.3, -0.25) is 0 Å². The summed E-state index contributed by atoms with van der Waals surface area (Å²) in [6.07, 6.45) is 3.99. The van der Waals surface area contributed by atoms with Gasteiger partial charge in [-0.2, -0.15) is 0 Å². The molecule has 0 saturated heterocycles. The van der Waals surface area contributed by atoms with Crippen molar-refractivity contribution in [2.24, 2.45) is 5.41 Å². The standard InChI is InChI=1S/C9H21B/c1-5-7-9(3,4)8(10)6-2/h8H,5-7,10H2,1-4H3. The second-order valence-corrected chi connectivity index (χ2v) is 4.05. The molecule has 10 heavy (non-hydrogen) atoms. The Bertz CT molecular complexity index is 86.7. The van der Waals surface area contributed by atoms with Crippen molar-refractivity contribution in [1.29, 1.82) is 0 Å². The van der Waals surface area contributed by atoms with E-state index in [2.05, 4.69) is 35.5 Å². The first-order valence-corrected chi connectivity index (χ1v) is 4.54. The van der Waals surface area contributed by atoms with E-state index in [0.717, 1.165) is 5.82 Å². The smallest absolute Gasteiger partial charge is 0.0658 e. The highest BCUT2D eigenvalue weighted by Gasteiger charge is 2.22. The Hall–Kier alpha value is 0.0649. The average molecular weight is 140 g/mol. The van der Waals surface area contributed by atoms with Gasteiger partial charge in [-0.15, -0.1) is 0 Å². The number of hydrogen-bond donors (Lipinski definition) is 0. The third-order valence-corrected chi connectivity index (χ3v) is 2.84. The van der Waals surface area contributed by atoms with Gasteiger partial charge < -0.3 is 0 Å². The second kappa shape index (κ2) is 4.05. The minimum absolute atomic E-state index is 0.559. The lowest BCUT2D eigenvalue weighted by Gasteiger charge is -2.30. The van der Waals surface area contributed by atoms with Crippen molar-refractivity contribution in [1.82, 2.24) is 0 Å². The summed E-state index contributed by atoms with van der Waals surface area (Å²) < 4.78 is 0. The Labute approximate surface area is 66.8 Å². The topological polar surface area (TPSA) is 0 Å². The summed E-state index contributed by atoms with van der Waals surface area (Å²) in [4.78, 5) is 0. The van der Waals surface area contributed by atoms with Gasteiger partial charge >= 0.3 is 0 Å². The predicted molar refractivity (Wildman–Crippen MR) is 51.3 cm³/mol. The Balaban J connectivity index is 3.82. The molecule has 0 radical (unpaired) electrons. The van der Waals surface area contributed by atoms with Gasteiger partial charge in [0.1, 0.15) is 7.85 Å². The Morgan fingerprint density at radius 1 is 1.30 bits per heavy atom. The largest absolute Gasteiger partial charge is 0.106 e. The van der Waals surface area contributed by atoms with Crippen LogP contribution in [0, 0.1) is 5.41 Å². The maximum atomic E-state index is 2.38. The molecule has 1 atom stereocenters. The Morgan fingerprint density at radius 3 is 2.10 bits per heavy atom. The van der Waals surface area contributed by atoms with E-state index in [-0.39, 0.29) is 0 Å². The van der Waals surface area contributed by atoms with Crippen molar-refractivity contribution in [2.45, 2.75) is 52.8 Å². The van der Waals surface area contributed by atoms with Crippen molar-refractivity contribution >= 4 is 7.85 Å². The summed E-state index contributed by atoms with van der Waals surface area (Å²) in [5, 5.41) is 0. The highest BCUT2D eigenvalue weighted by Crippen LogP contribution is 2.36. The van der Waals surface area contributed by atoms with Crippen LogP contribution < -0.4 is 0 Å². The van der Waals surface area contributed by atoms with Crippen molar-refractivity contribution in [3.05, 3.63) is 0 Å². The van der Waals surface area contributed by atoms with E-state index in [9.17, 15) is 0 Å². The van der Waals surface area contributed by atoms with Gasteiger partial charge in [-0.25, -0.2) is 0 Å². The molecule has 0 amide bonds. The van der Waals surface area contributed by atoms with E-state index in [0.29, 0.717) is 5.41 Å². The fourth-order valence-electron chi connectivity index (χ4n) is 1.44. The van der Waals surface area contributed by atoms with Crippen molar-refractivity contribution in [3.8, 4) is 0 Å². The third kappa shape index (κ3) is 2.77. The Kier molecular flexibility index (Phi) is 4.08. The average Bonchev–Trinajstić information content (AvgIpc) is 1.86. The molecule has 0 nitrogen and oxygen atoms in total. The van der Waals surface area contributed by atoms with Crippen molar-refractivity contribution in [3.63, 3.8) is 0 Å². The molecular formula is C9H21B. The van der Waals surface area contributed by atoms with E-state index in [1.54, 1.807) is 0 Å². The van der Waals surface area contributed by atoms with Crippen LogP contribution in [0.25, 0.3) is 0 Å². The fraction of sp³-hybridized carbons (Fsp3) is 1.00. The molecular weight excluding hydrogens is 119 g/mol. The molecule has 0 N–H and O–H groups in total. The van der Waals surface area contributed by atoms with Gasteiger partial charge in [0.2, 0.25) is 0 Å². The normalized spacial score (nSPS) is 15.2. The number of rotatable bonds is 4. The zero-order valence-electron chi connectivity index (χ0n) is 8.20. The van der Waals surface area contributed by atoms with Crippen LogP contribution in [0.4, 0.5) is 0 Å². The predicted octanol–water partition coefficient (Wildman–Crippen LogP) is 2.64. The van der Waals surface area contributed by atoms with Gasteiger partial charge in [0.15, 0.2) is 0 Å². The summed E-state index contributed by atoms with van der Waals surface area (Å²) in [5.41, 5.74) is 0.559. The minimum Gasteiger partial charge on any atom is -0.0658 e. The van der Waals surface area contributed by atoms with E-state index >= 15 is 0 Å². The molecule has 0 aliphatic rings. The lowest BCUT2D eigenvalue weighted by Crippen LogP contribution is -2.18. The first-order chi connectivity index (χ1) is 4.54. The van der Waals surface area contributed by atoms with Crippen LogP contribution in [-0.2, 0) is 0 Å². The molecule has 0 fully saturated rings. The molecule has 1 heteroatoms. The molecule has 1 unspecified atom stereocenters. The molecule has 60 valence electrons. The SMILES string of the molecule is BC(CC)C(C)(C)CCC. The summed E-state index contributed by atoms with van der Waals surface area (Å²) in [5.74, 6) is 0.868. The molecule has 0 heterocycles. The summed E-state index contributed by atoms with van der Waals surface area (Å²) >= 11 is 0.